The summed E-state index contributed by atoms with van der Waals surface area (Å²) in [6, 6.07) is 6.42. The molecule has 1 aliphatic heterocycles. The molecule has 2 rings (SSSR count). The van der Waals surface area contributed by atoms with E-state index in [1.165, 1.54) is 24.1 Å². The maximum Gasteiger partial charge on any atom is 0.0494 e. The van der Waals surface area contributed by atoms with Gasteiger partial charge in [-0.3, -0.25) is 0 Å². The number of anilines is 1. The number of nitrogens with zero attached hydrogens (tertiary/aromatic N) is 1. The van der Waals surface area contributed by atoms with E-state index in [0.29, 0.717) is 11.3 Å². The molecule has 3 heteroatoms. The van der Waals surface area contributed by atoms with Gasteiger partial charge < -0.3 is 4.90 Å². The van der Waals surface area contributed by atoms with Crippen LogP contribution in [0.2, 0.25) is 0 Å². The van der Waals surface area contributed by atoms with Gasteiger partial charge in [-0.25, -0.2) is 0 Å². The van der Waals surface area contributed by atoms with E-state index in [0.717, 1.165) is 17.6 Å². The minimum absolute atomic E-state index is 0.412. The van der Waals surface area contributed by atoms with Crippen molar-refractivity contribution in [1.82, 2.24) is 0 Å². The molecule has 1 saturated heterocycles. The topological polar surface area (TPSA) is 3.24 Å². The van der Waals surface area contributed by atoms with Crippen molar-refractivity contribution in [3.63, 3.8) is 0 Å². The van der Waals surface area contributed by atoms with Crippen LogP contribution in [-0.2, 0) is 5.88 Å². The summed E-state index contributed by atoms with van der Waals surface area (Å²) in [5, 5.41) is 0. The van der Waals surface area contributed by atoms with Gasteiger partial charge in [-0.2, -0.15) is 0 Å². The van der Waals surface area contributed by atoms with E-state index in [4.69, 9.17) is 11.6 Å². The molecule has 1 aromatic carbocycles. The van der Waals surface area contributed by atoms with Gasteiger partial charge in [0.15, 0.2) is 0 Å². The van der Waals surface area contributed by atoms with Crippen LogP contribution in [0.3, 0.4) is 0 Å². The molecule has 1 nitrogen and oxygen atoms in total. The van der Waals surface area contributed by atoms with Gasteiger partial charge in [0, 0.05) is 29.1 Å². The van der Waals surface area contributed by atoms with Crippen LogP contribution in [-0.4, -0.2) is 13.1 Å². The fourth-order valence-corrected chi connectivity index (χ4v) is 3.22. The zero-order valence-corrected chi connectivity index (χ0v) is 12.8. The normalized spacial score (nSPS) is 19.4. The third-order valence-corrected chi connectivity index (χ3v) is 4.21. The number of benzene rings is 1. The zero-order chi connectivity index (χ0) is 12.5. The molecule has 17 heavy (non-hydrogen) atoms. The molecule has 0 unspecified atom stereocenters. The predicted octanol–water partition coefficient (Wildman–Crippen LogP) is 4.81. The first-order valence-electron chi connectivity index (χ1n) is 6.11. The van der Waals surface area contributed by atoms with Crippen LogP contribution in [0.4, 0.5) is 5.69 Å². The molecule has 1 aromatic rings. The van der Waals surface area contributed by atoms with Crippen molar-refractivity contribution in [3.8, 4) is 0 Å². The van der Waals surface area contributed by atoms with Crippen molar-refractivity contribution in [1.29, 1.82) is 0 Å². The Labute approximate surface area is 117 Å². The summed E-state index contributed by atoms with van der Waals surface area (Å²) in [6.45, 7) is 6.96. The Morgan fingerprint density at radius 1 is 1.41 bits per heavy atom. The summed E-state index contributed by atoms with van der Waals surface area (Å²) in [7, 11) is 0. The van der Waals surface area contributed by atoms with E-state index in [1.54, 1.807) is 0 Å². The molecule has 0 aromatic heterocycles. The molecule has 0 bridgehead atoms. The number of hydrogen-bond donors (Lipinski definition) is 0. The van der Waals surface area contributed by atoms with Crippen molar-refractivity contribution in [2.24, 2.45) is 5.41 Å². The Hall–Kier alpha value is -0.210. The third-order valence-electron chi connectivity index (χ3n) is 3.43. The molecular formula is C14H19BrClN. The number of alkyl halides is 1. The summed E-state index contributed by atoms with van der Waals surface area (Å²) in [5.74, 6) is 0.575. The standard InChI is InChI=1S/C14H19BrClN/c1-14(2)6-3-7-17(10-14)13-5-4-12(15)8-11(13)9-16/h4-5,8H,3,6-7,9-10H2,1-2H3. The highest BCUT2D eigenvalue weighted by atomic mass is 79.9. The molecule has 0 saturated carbocycles. The minimum atomic E-state index is 0.412. The maximum absolute atomic E-state index is 6.05. The van der Waals surface area contributed by atoms with Crippen LogP contribution >= 0.6 is 27.5 Å². The van der Waals surface area contributed by atoms with Gasteiger partial charge in [0.05, 0.1) is 0 Å². The van der Waals surface area contributed by atoms with Gasteiger partial charge in [-0.05, 0) is 42.0 Å². The van der Waals surface area contributed by atoms with Crippen molar-refractivity contribution < 1.29 is 0 Å². The second-order valence-electron chi connectivity index (χ2n) is 5.60. The quantitative estimate of drug-likeness (QED) is 0.707. The lowest BCUT2D eigenvalue weighted by Gasteiger charge is -2.40. The molecule has 1 fully saturated rings. The number of halogens is 2. The summed E-state index contributed by atoms with van der Waals surface area (Å²) in [4.78, 5) is 2.48. The van der Waals surface area contributed by atoms with Crippen LogP contribution in [0.1, 0.15) is 32.3 Å². The van der Waals surface area contributed by atoms with E-state index in [2.05, 4.69) is 52.9 Å². The summed E-state index contributed by atoms with van der Waals surface area (Å²) in [6.07, 6.45) is 2.58. The van der Waals surface area contributed by atoms with Crippen molar-refractivity contribution in [2.75, 3.05) is 18.0 Å². The van der Waals surface area contributed by atoms with E-state index in [-0.39, 0.29) is 0 Å². The molecule has 1 aliphatic rings. The van der Waals surface area contributed by atoms with Gasteiger partial charge in [-0.15, -0.1) is 11.6 Å². The predicted molar refractivity (Wildman–Crippen MR) is 78.9 cm³/mol. The average Bonchev–Trinajstić information content (AvgIpc) is 2.27. The molecule has 0 N–H and O–H groups in total. The van der Waals surface area contributed by atoms with Crippen LogP contribution in [0.15, 0.2) is 22.7 Å². The van der Waals surface area contributed by atoms with E-state index < -0.39 is 0 Å². The van der Waals surface area contributed by atoms with Crippen molar-refractivity contribution >= 4 is 33.2 Å². The first-order chi connectivity index (χ1) is 8.02. The molecule has 0 aliphatic carbocycles. The molecule has 0 amide bonds. The van der Waals surface area contributed by atoms with Crippen molar-refractivity contribution in [2.45, 2.75) is 32.6 Å². The molecule has 0 radical (unpaired) electrons. The Balaban J connectivity index is 2.27. The van der Waals surface area contributed by atoms with E-state index >= 15 is 0 Å². The molecule has 94 valence electrons. The second kappa shape index (κ2) is 5.19. The van der Waals surface area contributed by atoms with E-state index in [9.17, 15) is 0 Å². The minimum Gasteiger partial charge on any atom is -0.371 e. The van der Waals surface area contributed by atoms with Gasteiger partial charge in [0.2, 0.25) is 0 Å². The third kappa shape index (κ3) is 3.17. The second-order valence-corrected chi connectivity index (χ2v) is 6.78. The van der Waals surface area contributed by atoms with Gasteiger partial charge >= 0.3 is 0 Å². The summed E-state index contributed by atoms with van der Waals surface area (Å²) >= 11 is 9.55. The first-order valence-corrected chi connectivity index (χ1v) is 7.44. The largest absolute Gasteiger partial charge is 0.371 e. The molecule has 1 heterocycles. The van der Waals surface area contributed by atoms with Gasteiger partial charge in [0.1, 0.15) is 0 Å². The molecule has 0 spiro atoms. The summed E-state index contributed by atoms with van der Waals surface area (Å²) < 4.78 is 1.10. The highest BCUT2D eigenvalue weighted by molar-refractivity contribution is 9.10. The summed E-state index contributed by atoms with van der Waals surface area (Å²) in [5.41, 5.74) is 2.93. The zero-order valence-electron chi connectivity index (χ0n) is 10.5. The van der Waals surface area contributed by atoms with E-state index in [1.807, 2.05) is 0 Å². The Morgan fingerprint density at radius 2 is 2.18 bits per heavy atom. The number of hydrogen-bond acceptors (Lipinski definition) is 1. The van der Waals surface area contributed by atoms with Gasteiger partial charge in [0.25, 0.3) is 0 Å². The van der Waals surface area contributed by atoms with Crippen LogP contribution < -0.4 is 4.90 Å². The fourth-order valence-electron chi connectivity index (χ4n) is 2.60. The SMILES string of the molecule is CC1(C)CCCN(c2ccc(Br)cc2CCl)C1. The molecular weight excluding hydrogens is 298 g/mol. The maximum atomic E-state index is 6.05. The number of rotatable bonds is 2. The lowest BCUT2D eigenvalue weighted by Crippen LogP contribution is -2.40. The monoisotopic (exact) mass is 315 g/mol. The number of piperidine rings is 1. The van der Waals surface area contributed by atoms with Crippen LogP contribution in [0.5, 0.6) is 0 Å². The Morgan fingerprint density at radius 3 is 2.82 bits per heavy atom. The lowest BCUT2D eigenvalue weighted by atomic mass is 9.84. The first kappa shape index (κ1) is 13.2. The Kier molecular flexibility index (Phi) is 4.04. The van der Waals surface area contributed by atoms with Crippen LogP contribution in [0.25, 0.3) is 0 Å². The van der Waals surface area contributed by atoms with Gasteiger partial charge in [-0.1, -0.05) is 29.8 Å². The van der Waals surface area contributed by atoms with Crippen molar-refractivity contribution in [3.05, 3.63) is 28.2 Å². The average molecular weight is 317 g/mol. The van der Waals surface area contributed by atoms with Crippen LogP contribution in [0, 0.1) is 5.41 Å². The molecule has 0 atom stereocenters. The smallest absolute Gasteiger partial charge is 0.0494 e. The Bertz CT molecular complexity index is 403. The lowest BCUT2D eigenvalue weighted by molar-refractivity contribution is 0.293. The highest BCUT2D eigenvalue weighted by Gasteiger charge is 2.27. The highest BCUT2D eigenvalue weighted by Crippen LogP contribution is 2.34. The fraction of sp³-hybridized carbons (Fsp3) is 0.571.